The fourth-order valence-corrected chi connectivity index (χ4v) is 4.40. The molecule has 2 aromatic heterocycles. The van der Waals surface area contributed by atoms with E-state index in [-0.39, 0.29) is 29.7 Å². The van der Waals surface area contributed by atoms with E-state index in [1.165, 1.54) is 49.2 Å². The number of anilines is 1. The summed E-state index contributed by atoms with van der Waals surface area (Å²) in [5.74, 6) is -2.36. The van der Waals surface area contributed by atoms with Gasteiger partial charge in [-0.2, -0.15) is 5.10 Å². The lowest BCUT2D eigenvalue weighted by molar-refractivity contribution is 0.0982. The number of amides is 1. The molecule has 1 aromatic carbocycles. The molecule has 0 radical (unpaired) electrons. The van der Waals surface area contributed by atoms with Gasteiger partial charge in [-0.1, -0.05) is 12.1 Å². The van der Waals surface area contributed by atoms with Crippen LogP contribution in [0.3, 0.4) is 0 Å². The van der Waals surface area contributed by atoms with E-state index in [1.54, 1.807) is 6.07 Å². The Balaban J connectivity index is 1.76. The smallest absolute Gasteiger partial charge is 0.268 e. The van der Waals surface area contributed by atoms with Crippen LogP contribution in [0.25, 0.3) is 5.52 Å². The van der Waals surface area contributed by atoms with Gasteiger partial charge in [0.05, 0.1) is 28.7 Å². The van der Waals surface area contributed by atoms with Crippen LogP contribution in [0.4, 0.5) is 18.9 Å². The predicted molar refractivity (Wildman–Crippen MR) is 113 cm³/mol. The second-order valence-electron chi connectivity index (χ2n) is 7.95. The highest BCUT2D eigenvalue weighted by molar-refractivity contribution is 7.90. The molecule has 3 aromatic rings. The van der Waals surface area contributed by atoms with Crippen molar-refractivity contribution in [2.45, 2.75) is 37.7 Å². The third kappa shape index (κ3) is 3.92. The van der Waals surface area contributed by atoms with Crippen LogP contribution in [-0.4, -0.2) is 41.9 Å². The van der Waals surface area contributed by atoms with Gasteiger partial charge < -0.3 is 4.90 Å². The monoisotopic (exact) mass is 466 g/mol. The summed E-state index contributed by atoms with van der Waals surface area (Å²) in [5.41, 5.74) is -0.00163. The van der Waals surface area contributed by atoms with E-state index in [1.807, 2.05) is 4.72 Å². The van der Waals surface area contributed by atoms with E-state index < -0.39 is 45.0 Å². The van der Waals surface area contributed by atoms with Crippen LogP contribution < -0.4 is 9.62 Å². The van der Waals surface area contributed by atoms with Gasteiger partial charge in [0.15, 0.2) is 5.82 Å². The number of benzene rings is 1. The number of pyridine rings is 1. The molecule has 3 heterocycles. The Morgan fingerprint density at radius 1 is 1.25 bits per heavy atom. The summed E-state index contributed by atoms with van der Waals surface area (Å²) >= 11 is 0. The van der Waals surface area contributed by atoms with Crippen LogP contribution >= 0.6 is 0 Å². The van der Waals surface area contributed by atoms with Crippen molar-refractivity contribution >= 4 is 27.1 Å². The van der Waals surface area contributed by atoms with Gasteiger partial charge in [0.2, 0.25) is 10.0 Å². The van der Waals surface area contributed by atoms with Crippen LogP contribution in [0.1, 0.15) is 42.2 Å². The minimum Gasteiger partial charge on any atom is -0.359 e. The summed E-state index contributed by atoms with van der Waals surface area (Å²) in [5, 5.41) is 3.06. The van der Waals surface area contributed by atoms with E-state index in [4.69, 9.17) is 0 Å². The summed E-state index contributed by atoms with van der Waals surface area (Å²) in [4.78, 5) is 14.1. The van der Waals surface area contributed by atoms with Crippen LogP contribution in [-0.2, 0) is 10.0 Å². The quantitative estimate of drug-likeness (QED) is 0.624. The maximum atomic E-state index is 15.6. The van der Waals surface area contributed by atoms with E-state index in [9.17, 15) is 22.0 Å². The van der Waals surface area contributed by atoms with Gasteiger partial charge in [0, 0.05) is 19.2 Å². The first-order valence-electron chi connectivity index (χ1n) is 9.96. The van der Waals surface area contributed by atoms with Gasteiger partial charge in [-0.25, -0.2) is 30.8 Å². The SMILES string of the molecule is CC(C)S(=O)(=O)NC(=O)c1cnn2ccc(N3C[C@@H](F)C[C@@H]3c3cccc(F)c3)c(F)c12. The Morgan fingerprint density at radius 3 is 2.69 bits per heavy atom. The fraction of sp³-hybridized carbons (Fsp3) is 0.333. The zero-order valence-electron chi connectivity index (χ0n) is 17.3. The highest BCUT2D eigenvalue weighted by Gasteiger charge is 2.36. The van der Waals surface area contributed by atoms with Crippen molar-refractivity contribution in [3.8, 4) is 0 Å². The zero-order valence-corrected chi connectivity index (χ0v) is 18.1. The maximum Gasteiger partial charge on any atom is 0.268 e. The van der Waals surface area contributed by atoms with Gasteiger partial charge in [-0.3, -0.25) is 4.79 Å². The minimum absolute atomic E-state index is 0.00757. The number of aromatic nitrogens is 2. The van der Waals surface area contributed by atoms with Crippen molar-refractivity contribution in [3.63, 3.8) is 0 Å². The minimum atomic E-state index is -3.94. The Labute approximate surface area is 182 Å². The molecule has 7 nitrogen and oxygen atoms in total. The van der Waals surface area contributed by atoms with Crippen molar-refractivity contribution in [2.75, 3.05) is 11.4 Å². The Hall–Kier alpha value is -3.08. The molecule has 1 saturated heterocycles. The first-order valence-corrected chi connectivity index (χ1v) is 11.5. The standard InChI is InChI=1S/C21H21F3N4O3S/c1-12(2)32(30,31)26-21(29)16-10-25-28-7-6-17(19(24)20(16)28)27-11-15(23)9-18(27)13-4-3-5-14(22)8-13/h3-8,10,12,15,18H,9,11H2,1-2H3,(H,26,29)/t15-,18+/m0/s1. The topological polar surface area (TPSA) is 83.8 Å². The molecule has 32 heavy (non-hydrogen) atoms. The highest BCUT2D eigenvalue weighted by Crippen LogP contribution is 2.39. The number of fused-ring (bicyclic) bond motifs is 1. The maximum absolute atomic E-state index is 15.6. The summed E-state index contributed by atoms with van der Waals surface area (Å²) in [6, 6.07) is 6.48. The molecule has 170 valence electrons. The largest absolute Gasteiger partial charge is 0.359 e. The lowest BCUT2D eigenvalue weighted by Crippen LogP contribution is -2.35. The van der Waals surface area contributed by atoms with Crippen LogP contribution in [0, 0.1) is 11.6 Å². The molecule has 0 aliphatic carbocycles. The number of hydrogen-bond donors (Lipinski definition) is 1. The van der Waals surface area contributed by atoms with Crippen molar-refractivity contribution < 1.29 is 26.4 Å². The van der Waals surface area contributed by atoms with Gasteiger partial charge in [0.1, 0.15) is 17.5 Å². The van der Waals surface area contributed by atoms with E-state index in [0.717, 1.165) is 10.7 Å². The lowest BCUT2D eigenvalue weighted by Gasteiger charge is -2.27. The normalized spacial score (nSPS) is 19.1. The number of hydrogen-bond acceptors (Lipinski definition) is 5. The molecule has 1 aliphatic heterocycles. The number of nitrogens with zero attached hydrogens (tertiary/aromatic N) is 3. The predicted octanol–water partition coefficient (Wildman–Crippen LogP) is 3.37. The molecule has 0 spiro atoms. The van der Waals surface area contributed by atoms with Gasteiger partial charge in [-0.05, 0) is 37.6 Å². The first-order chi connectivity index (χ1) is 15.1. The average Bonchev–Trinajstić information content (AvgIpc) is 3.32. The van der Waals surface area contributed by atoms with E-state index in [0.29, 0.717) is 5.56 Å². The highest BCUT2D eigenvalue weighted by atomic mass is 32.2. The fourth-order valence-electron chi connectivity index (χ4n) is 3.80. The summed E-state index contributed by atoms with van der Waals surface area (Å²) in [6.07, 6.45) is 1.25. The Morgan fingerprint density at radius 2 is 2.00 bits per heavy atom. The number of sulfonamides is 1. The molecule has 0 bridgehead atoms. The van der Waals surface area contributed by atoms with Crippen molar-refractivity contribution in [1.82, 2.24) is 14.3 Å². The summed E-state index contributed by atoms with van der Waals surface area (Å²) in [7, 11) is -3.94. The van der Waals surface area contributed by atoms with Crippen molar-refractivity contribution in [1.29, 1.82) is 0 Å². The molecule has 1 fully saturated rings. The molecular weight excluding hydrogens is 445 g/mol. The van der Waals surface area contributed by atoms with E-state index in [2.05, 4.69) is 5.10 Å². The number of carbonyl (C=O) groups excluding carboxylic acids is 1. The number of halogens is 3. The third-order valence-electron chi connectivity index (χ3n) is 5.49. The molecule has 1 N–H and O–H groups in total. The van der Waals surface area contributed by atoms with Crippen LogP contribution in [0.2, 0.25) is 0 Å². The Kier molecular flexibility index (Phi) is 5.61. The van der Waals surface area contributed by atoms with Crippen LogP contribution in [0.15, 0.2) is 42.7 Å². The molecule has 1 amide bonds. The van der Waals surface area contributed by atoms with Gasteiger partial charge in [-0.15, -0.1) is 0 Å². The summed E-state index contributed by atoms with van der Waals surface area (Å²) < 4.78 is 70.9. The van der Waals surface area contributed by atoms with Crippen molar-refractivity contribution in [2.24, 2.45) is 0 Å². The molecule has 4 rings (SSSR count). The average molecular weight is 466 g/mol. The van der Waals surface area contributed by atoms with Crippen LogP contribution in [0.5, 0.6) is 0 Å². The number of alkyl halides is 1. The third-order valence-corrected chi connectivity index (χ3v) is 7.21. The number of nitrogens with one attached hydrogen (secondary N) is 1. The van der Waals surface area contributed by atoms with Gasteiger partial charge >= 0.3 is 0 Å². The lowest BCUT2D eigenvalue weighted by atomic mass is 10.0. The second kappa shape index (κ2) is 8.12. The zero-order chi connectivity index (χ0) is 23.2. The van der Waals surface area contributed by atoms with Crippen molar-refractivity contribution in [3.05, 3.63) is 65.5 Å². The van der Waals surface area contributed by atoms with Gasteiger partial charge in [0.25, 0.3) is 5.91 Å². The molecule has 0 unspecified atom stereocenters. The Bertz CT molecular complexity index is 1290. The molecule has 2 atom stereocenters. The number of carbonyl (C=O) groups is 1. The van der Waals surface area contributed by atoms with E-state index >= 15 is 4.39 Å². The second-order valence-corrected chi connectivity index (χ2v) is 10.2. The first kappa shape index (κ1) is 22.1. The molecule has 11 heteroatoms. The summed E-state index contributed by atoms with van der Waals surface area (Å²) in [6.45, 7) is 2.68. The molecular formula is C21H21F3N4O3S. The number of rotatable bonds is 5. The molecule has 0 saturated carbocycles. The molecule has 1 aliphatic rings.